The highest BCUT2D eigenvalue weighted by atomic mass is 19.1. The third-order valence-electron chi connectivity index (χ3n) is 5.69. The Balaban J connectivity index is 1.28. The number of amides is 1. The topological polar surface area (TPSA) is 58.1 Å². The van der Waals surface area contributed by atoms with Gasteiger partial charge in [0.05, 0.1) is 11.9 Å². The van der Waals surface area contributed by atoms with Crippen molar-refractivity contribution in [3.8, 4) is 0 Å². The molecule has 6 heteroatoms. The normalized spacial score (nSPS) is 16.2. The number of aryl methyl sites for hydroxylation is 1. The first kappa shape index (κ1) is 21.0. The molecule has 5 nitrogen and oxygen atoms in total. The number of pyridine rings is 2. The Hall–Kier alpha value is -3.28. The van der Waals surface area contributed by atoms with Gasteiger partial charge < -0.3 is 10.2 Å². The summed E-state index contributed by atoms with van der Waals surface area (Å²) in [6.07, 6.45) is 7.69. The first-order valence-electron chi connectivity index (χ1n) is 10.8. The molecule has 1 fully saturated rings. The summed E-state index contributed by atoms with van der Waals surface area (Å²) in [5, 5.41) is 3.24. The van der Waals surface area contributed by atoms with Gasteiger partial charge in [0.2, 0.25) is 5.91 Å². The number of hydrogen-bond donors (Lipinski definition) is 1. The van der Waals surface area contributed by atoms with E-state index in [0.717, 1.165) is 61.5 Å². The number of nitrogens with zero attached hydrogens (tertiary/aromatic N) is 3. The number of carbonyl (C=O) groups is 1. The molecule has 1 unspecified atom stereocenters. The van der Waals surface area contributed by atoms with Crippen LogP contribution >= 0.6 is 0 Å². The lowest BCUT2D eigenvalue weighted by Gasteiger charge is -2.32. The molecule has 2 aromatic heterocycles. The molecule has 1 amide bonds. The number of benzene rings is 1. The lowest BCUT2D eigenvalue weighted by molar-refractivity contribution is -0.132. The average Bonchev–Trinajstić information content (AvgIpc) is 2.81. The molecule has 31 heavy (non-hydrogen) atoms. The van der Waals surface area contributed by atoms with Crippen LogP contribution in [0.1, 0.15) is 42.9 Å². The van der Waals surface area contributed by atoms with Gasteiger partial charge in [0, 0.05) is 37.3 Å². The van der Waals surface area contributed by atoms with Gasteiger partial charge in [-0.15, -0.1) is 0 Å². The van der Waals surface area contributed by atoms with E-state index in [9.17, 15) is 9.18 Å². The molecule has 3 aromatic rings. The summed E-state index contributed by atoms with van der Waals surface area (Å²) >= 11 is 0. The Morgan fingerprint density at radius 3 is 2.71 bits per heavy atom. The van der Waals surface area contributed by atoms with E-state index in [0.29, 0.717) is 6.42 Å². The van der Waals surface area contributed by atoms with Gasteiger partial charge in [-0.3, -0.25) is 9.78 Å². The Bertz CT molecular complexity index is 977. The van der Waals surface area contributed by atoms with E-state index < -0.39 is 0 Å². The highest BCUT2D eigenvalue weighted by Crippen LogP contribution is 2.27. The Kier molecular flexibility index (Phi) is 6.87. The average molecular weight is 419 g/mol. The molecule has 1 N–H and O–H groups in total. The van der Waals surface area contributed by atoms with E-state index in [-0.39, 0.29) is 17.6 Å². The molecular formula is C25H27FN4O. The monoisotopic (exact) mass is 418 g/mol. The first-order valence-corrected chi connectivity index (χ1v) is 10.8. The lowest BCUT2D eigenvalue weighted by atomic mass is 9.94. The Labute approximate surface area is 182 Å². The van der Waals surface area contributed by atoms with Crippen molar-refractivity contribution < 1.29 is 9.18 Å². The molecule has 0 aliphatic carbocycles. The molecule has 1 saturated heterocycles. The van der Waals surface area contributed by atoms with Crippen molar-refractivity contribution in [2.45, 2.75) is 38.0 Å². The van der Waals surface area contributed by atoms with Crippen LogP contribution in [0, 0.1) is 5.82 Å². The second-order valence-corrected chi connectivity index (χ2v) is 7.97. The zero-order valence-corrected chi connectivity index (χ0v) is 17.5. The SMILES string of the molecule is O=C(CCCc1ccc(F)cc1)N1CCCC(c2ccc(Nc3ccccn3)cn2)C1. The highest BCUT2D eigenvalue weighted by Gasteiger charge is 2.25. The van der Waals surface area contributed by atoms with Crippen molar-refractivity contribution in [3.63, 3.8) is 0 Å². The summed E-state index contributed by atoms with van der Waals surface area (Å²) in [5.41, 5.74) is 2.98. The fraction of sp³-hybridized carbons (Fsp3) is 0.320. The van der Waals surface area contributed by atoms with Gasteiger partial charge in [-0.25, -0.2) is 9.37 Å². The molecule has 0 saturated carbocycles. The van der Waals surface area contributed by atoms with E-state index in [1.54, 1.807) is 18.3 Å². The molecule has 1 aliphatic rings. The molecule has 3 heterocycles. The van der Waals surface area contributed by atoms with Crippen LogP contribution in [0.5, 0.6) is 0 Å². The molecule has 1 atom stereocenters. The Morgan fingerprint density at radius 1 is 1.10 bits per heavy atom. The minimum Gasteiger partial charge on any atom is -0.342 e. The predicted octanol–water partition coefficient (Wildman–Crippen LogP) is 5.09. The predicted molar refractivity (Wildman–Crippen MR) is 120 cm³/mol. The van der Waals surface area contributed by atoms with Gasteiger partial charge >= 0.3 is 0 Å². The second kappa shape index (κ2) is 10.2. The van der Waals surface area contributed by atoms with Crippen LogP contribution in [0.4, 0.5) is 15.9 Å². The van der Waals surface area contributed by atoms with Crippen molar-refractivity contribution in [1.29, 1.82) is 0 Å². The van der Waals surface area contributed by atoms with Crippen molar-refractivity contribution in [2.24, 2.45) is 0 Å². The van der Waals surface area contributed by atoms with Crippen LogP contribution in [0.3, 0.4) is 0 Å². The molecule has 4 rings (SSSR count). The van der Waals surface area contributed by atoms with Gasteiger partial charge in [0.15, 0.2) is 0 Å². The van der Waals surface area contributed by atoms with Crippen molar-refractivity contribution in [3.05, 3.63) is 84.1 Å². The van der Waals surface area contributed by atoms with Gasteiger partial charge in [-0.1, -0.05) is 18.2 Å². The molecule has 160 valence electrons. The van der Waals surface area contributed by atoms with Crippen LogP contribution in [0.25, 0.3) is 0 Å². The number of carbonyl (C=O) groups excluding carboxylic acids is 1. The van der Waals surface area contributed by atoms with Crippen LogP contribution in [-0.2, 0) is 11.2 Å². The van der Waals surface area contributed by atoms with Gasteiger partial charge in [0.1, 0.15) is 11.6 Å². The molecule has 1 aromatic carbocycles. The van der Waals surface area contributed by atoms with Crippen LogP contribution < -0.4 is 5.32 Å². The quantitative estimate of drug-likeness (QED) is 0.581. The maximum Gasteiger partial charge on any atom is 0.222 e. The van der Waals surface area contributed by atoms with Crippen molar-refractivity contribution in [1.82, 2.24) is 14.9 Å². The maximum absolute atomic E-state index is 13.0. The van der Waals surface area contributed by atoms with E-state index in [4.69, 9.17) is 0 Å². The third kappa shape index (κ3) is 5.87. The van der Waals surface area contributed by atoms with E-state index in [2.05, 4.69) is 15.3 Å². The summed E-state index contributed by atoms with van der Waals surface area (Å²) < 4.78 is 13.0. The number of hydrogen-bond acceptors (Lipinski definition) is 4. The summed E-state index contributed by atoms with van der Waals surface area (Å²) in [6, 6.07) is 16.3. The second-order valence-electron chi connectivity index (χ2n) is 7.97. The summed E-state index contributed by atoms with van der Waals surface area (Å²) in [4.78, 5) is 23.6. The van der Waals surface area contributed by atoms with Crippen LogP contribution in [0.15, 0.2) is 67.0 Å². The zero-order valence-electron chi connectivity index (χ0n) is 17.5. The third-order valence-corrected chi connectivity index (χ3v) is 5.69. The Morgan fingerprint density at radius 2 is 1.97 bits per heavy atom. The number of likely N-dealkylation sites (tertiary alicyclic amines) is 1. The zero-order chi connectivity index (χ0) is 21.5. The largest absolute Gasteiger partial charge is 0.342 e. The number of aromatic nitrogens is 2. The van der Waals surface area contributed by atoms with Gasteiger partial charge in [0.25, 0.3) is 0 Å². The van der Waals surface area contributed by atoms with Gasteiger partial charge in [-0.05, 0) is 67.6 Å². The number of rotatable bonds is 7. The molecule has 0 spiro atoms. The lowest BCUT2D eigenvalue weighted by Crippen LogP contribution is -2.39. The summed E-state index contributed by atoms with van der Waals surface area (Å²) in [7, 11) is 0. The molecule has 1 aliphatic heterocycles. The molecular weight excluding hydrogens is 391 g/mol. The number of halogens is 1. The first-order chi connectivity index (χ1) is 15.2. The molecule has 0 bridgehead atoms. The van der Waals surface area contributed by atoms with Crippen LogP contribution in [0.2, 0.25) is 0 Å². The maximum atomic E-state index is 13.0. The minimum absolute atomic E-state index is 0.195. The van der Waals surface area contributed by atoms with E-state index in [1.165, 1.54) is 12.1 Å². The summed E-state index contributed by atoms with van der Waals surface area (Å²) in [6.45, 7) is 1.53. The molecule has 0 radical (unpaired) electrons. The number of anilines is 2. The standard InChI is InChI=1S/C25H27FN4O/c26-21-11-9-19(10-12-21)5-3-8-25(31)30-16-4-6-20(18-30)23-14-13-22(17-28-23)29-24-7-1-2-15-27-24/h1-2,7,9-15,17,20H,3-6,8,16,18H2,(H,27,29). The van der Waals surface area contributed by atoms with Crippen molar-refractivity contribution >= 4 is 17.4 Å². The van der Waals surface area contributed by atoms with Crippen LogP contribution in [-0.4, -0.2) is 33.9 Å². The van der Waals surface area contributed by atoms with Gasteiger partial charge in [-0.2, -0.15) is 0 Å². The number of piperidine rings is 1. The number of nitrogens with one attached hydrogen (secondary N) is 1. The minimum atomic E-state index is -0.228. The van der Waals surface area contributed by atoms with E-state index in [1.807, 2.05) is 41.4 Å². The summed E-state index contributed by atoms with van der Waals surface area (Å²) in [5.74, 6) is 1.01. The van der Waals surface area contributed by atoms with E-state index >= 15 is 0 Å². The van der Waals surface area contributed by atoms with Crippen molar-refractivity contribution in [2.75, 3.05) is 18.4 Å². The highest BCUT2D eigenvalue weighted by molar-refractivity contribution is 5.76. The smallest absolute Gasteiger partial charge is 0.222 e. The fourth-order valence-corrected chi connectivity index (χ4v) is 4.00. The fourth-order valence-electron chi connectivity index (χ4n) is 4.00.